The summed E-state index contributed by atoms with van der Waals surface area (Å²) in [5.74, 6) is -1.33. The Kier molecular flexibility index (Phi) is 7.42. The van der Waals surface area contributed by atoms with Crippen LogP contribution in [0.3, 0.4) is 0 Å². The molecular formula is C18H22N4O4S. The van der Waals surface area contributed by atoms with Crippen LogP contribution in [0.25, 0.3) is 10.7 Å². The molecule has 2 rings (SSSR count). The highest BCUT2D eigenvalue weighted by atomic mass is 32.1. The van der Waals surface area contributed by atoms with Gasteiger partial charge in [-0.25, -0.2) is 9.78 Å². The van der Waals surface area contributed by atoms with Gasteiger partial charge in [0, 0.05) is 19.8 Å². The third kappa shape index (κ3) is 5.85. The maximum atomic E-state index is 12.3. The van der Waals surface area contributed by atoms with Gasteiger partial charge in [-0.15, -0.1) is 11.3 Å². The second-order valence-corrected chi connectivity index (χ2v) is 6.82. The van der Waals surface area contributed by atoms with E-state index in [1.54, 1.807) is 25.3 Å². The third-order valence-electron chi connectivity index (χ3n) is 3.57. The summed E-state index contributed by atoms with van der Waals surface area (Å²) < 4.78 is 5.09. The van der Waals surface area contributed by atoms with Crippen LogP contribution in [-0.4, -0.2) is 59.4 Å². The third-order valence-corrected chi connectivity index (χ3v) is 4.73. The molecule has 0 unspecified atom stereocenters. The number of thiazole rings is 1. The van der Waals surface area contributed by atoms with Gasteiger partial charge in [0.2, 0.25) is 5.91 Å². The van der Waals surface area contributed by atoms with E-state index in [1.165, 1.54) is 11.9 Å². The van der Waals surface area contributed by atoms with Crippen molar-refractivity contribution in [1.82, 2.24) is 20.2 Å². The zero-order valence-electron chi connectivity index (χ0n) is 15.5. The van der Waals surface area contributed by atoms with Crippen molar-refractivity contribution in [3.8, 4) is 10.7 Å². The number of carbonyl (C=O) groups is 3. The number of carbonyl (C=O) groups excluding carboxylic acids is 3. The maximum absolute atomic E-state index is 12.3. The summed E-state index contributed by atoms with van der Waals surface area (Å²) in [6.45, 7) is 3.67. The largest absolute Gasteiger partial charge is 0.451 e. The van der Waals surface area contributed by atoms with Crippen LogP contribution in [0.4, 0.5) is 0 Å². The summed E-state index contributed by atoms with van der Waals surface area (Å²) in [6.07, 6.45) is 2.46. The molecular weight excluding hydrogens is 368 g/mol. The number of nitrogens with one attached hydrogen (secondary N) is 1. The van der Waals surface area contributed by atoms with Crippen molar-refractivity contribution in [2.45, 2.75) is 20.3 Å². The molecule has 0 saturated carbocycles. The maximum Gasteiger partial charge on any atom is 0.350 e. The number of pyridine rings is 1. The van der Waals surface area contributed by atoms with E-state index in [4.69, 9.17) is 4.74 Å². The standard InChI is InChI=1S/C18H22N4O4S/c1-4-8-20-14(23)10-22(3)15(24)11-26-18(25)16-12(2)21-17(27-16)13-7-5-6-9-19-13/h5-7,9H,4,8,10-11H2,1-3H3,(H,20,23). The number of ether oxygens (including phenoxy) is 1. The number of amides is 2. The van der Waals surface area contributed by atoms with Crippen molar-refractivity contribution in [3.63, 3.8) is 0 Å². The average Bonchev–Trinajstić information content (AvgIpc) is 3.06. The average molecular weight is 390 g/mol. The summed E-state index contributed by atoms with van der Waals surface area (Å²) in [5.41, 5.74) is 1.18. The molecule has 27 heavy (non-hydrogen) atoms. The van der Waals surface area contributed by atoms with Crippen LogP contribution in [0, 0.1) is 6.92 Å². The molecule has 0 aliphatic rings. The molecule has 0 atom stereocenters. The smallest absolute Gasteiger partial charge is 0.350 e. The minimum Gasteiger partial charge on any atom is -0.451 e. The molecule has 0 aliphatic carbocycles. The van der Waals surface area contributed by atoms with Crippen molar-refractivity contribution in [2.24, 2.45) is 0 Å². The molecule has 8 nitrogen and oxygen atoms in total. The first-order valence-corrected chi connectivity index (χ1v) is 9.30. The number of esters is 1. The molecule has 0 aromatic carbocycles. The molecule has 1 N–H and O–H groups in total. The lowest BCUT2D eigenvalue weighted by Gasteiger charge is -2.16. The summed E-state index contributed by atoms with van der Waals surface area (Å²) in [7, 11) is 1.48. The van der Waals surface area contributed by atoms with Crippen LogP contribution in [0.15, 0.2) is 24.4 Å². The van der Waals surface area contributed by atoms with Gasteiger partial charge in [0.05, 0.1) is 17.9 Å². The van der Waals surface area contributed by atoms with Crippen LogP contribution in [0.1, 0.15) is 28.7 Å². The van der Waals surface area contributed by atoms with Crippen LogP contribution in [-0.2, 0) is 14.3 Å². The zero-order chi connectivity index (χ0) is 19.8. The highest BCUT2D eigenvalue weighted by Gasteiger charge is 2.20. The number of hydrogen-bond donors (Lipinski definition) is 1. The normalized spacial score (nSPS) is 10.3. The van der Waals surface area contributed by atoms with Gasteiger partial charge in [0.25, 0.3) is 5.91 Å². The minimum absolute atomic E-state index is 0.0835. The summed E-state index contributed by atoms with van der Waals surface area (Å²) >= 11 is 1.16. The molecule has 2 aromatic rings. The first kappa shape index (κ1) is 20.5. The Hall–Kier alpha value is -2.81. The highest BCUT2D eigenvalue weighted by molar-refractivity contribution is 7.17. The van der Waals surface area contributed by atoms with Gasteiger partial charge in [-0.3, -0.25) is 14.6 Å². The Balaban J connectivity index is 1.91. The lowest BCUT2D eigenvalue weighted by molar-refractivity contribution is -0.137. The Labute approximate surface area is 161 Å². The summed E-state index contributed by atoms with van der Waals surface area (Å²) in [4.78, 5) is 46.0. The molecule has 0 fully saturated rings. The van der Waals surface area contributed by atoms with Crippen molar-refractivity contribution >= 4 is 29.1 Å². The van der Waals surface area contributed by atoms with Crippen molar-refractivity contribution in [3.05, 3.63) is 35.0 Å². The predicted octanol–water partition coefficient (Wildman–Crippen LogP) is 1.65. The second-order valence-electron chi connectivity index (χ2n) is 5.82. The molecule has 0 bridgehead atoms. The summed E-state index contributed by atoms with van der Waals surface area (Å²) in [5, 5.41) is 3.29. The molecule has 0 radical (unpaired) electrons. The van der Waals surface area contributed by atoms with Gasteiger partial charge in [0.15, 0.2) is 6.61 Å². The SMILES string of the molecule is CCCNC(=O)CN(C)C(=O)COC(=O)c1sc(-c2ccccn2)nc1C. The number of hydrogen-bond acceptors (Lipinski definition) is 7. The van der Waals surface area contributed by atoms with E-state index in [1.807, 2.05) is 13.0 Å². The molecule has 2 heterocycles. The van der Waals surface area contributed by atoms with E-state index >= 15 is 0 Å². The van der Waals surface area contributed by atoms with E-state index < -0.39 is 18.5 Å². The van der Waals surface area contributed by atoms with Gasteiger partial charge in [-0.2, -0.15) is 0 Å². The van der Waals surface area contributed by atoms with Crippen molar-refractivity contribution in [2.75, 3.05) is 26.7 Å². The molecule has 9 heteroatoms. The van der Waals surface area contributed by atoms with Crippen LogP contribution in [0.2, 0.25) is 0 Å². The quantitative estimate of drug-likeness (QED) is 0.688. The zero-order valence-corrected chi connectivity index (χ0v) is 16.3. The molecule has 0 aliphatic heterocycles. The Bertz CT molecular complexity index is 807. The van der Waals surface area contributed by atoms with Gasteiger partial charge in [-0.1, -0.05) is 13.0 Å². The van der Waals surface area contributed by atoms with E-state index in [0.29, 0.717) is 27.8 Å². The van der Waals surface area contributed by atoms with Crippen molar-refractivity contribution < 1.29 is 19.1 Å². The van der Waals surface area contributed by atoms with Crippen molar-refractivity contribution in [1.29, 1.82) is 0 Å². The van der Waals surface area contributed by atoms with Crippen LogP contribution in [0.5, 0.6) is 0 Å². The van der Waals surface area contributed by atoms with E-state index in [0.717, 1.165) is 17.8 Å². The monoisotopic (exact) mass is 390 g/mol. The molecule has 0 spiro atoms. The number of aromatic nitrogens is 2. The molecule has 144 valence electrons. The minimum atomic E-state index is -0.621. The van der Waals surface area contributed by atoms with Gasteiger partial charge in [0.1, 0.15) is 9.88 Å². The summed E-state index contributed by atoms with van der Waals surface area (Å²) in [6, 6.07) is 5.43. The van der Waals surface area contributed by atoms with E-state index in [2.05, 4.69) is 15.3 Å². The number of aryl methyl sites for hydroxylation is 1. The first-order valence-electron chi connectivity index (χ1n) is 8.49. The number of likely N-dealkylation sites (N-methyl/N-ethyl adjacent to an activating group) is 1. The van der Waals surface area contributed by atoms with Crippen LogP contribution < -0.4 is 5.32 Å². The molecule has 0 saturated heterocycles. The van der Waals surface area contributed by atoms with Gasteiger partial charge < -0.3 is 15.0 Å². The molecule has 2 aromatic heterocycles. The Morgan fingerprint density at radius 1 is 1.30 bits per heavy atom. The predicted molar refractivity (Wildman–Crippen MR) is 101 cm³/mol. The number of nitrogens with zero attached hydrogens (tertiary/aromatic N) is 3. The Morgan fingerprint density at radius 3 is 2.74 bits per heavy atom. The fourth-order valence-corrected chi connectivity index (χ4v) is 3.05. The van der Waals surface area contributed by atoms with Gasteiger partial charge in [-0.05, 0) is 25.5 Å². The van der Waals surface area contributed by atoms with E-state index in [-0.39, 0.29) is 12.5 Å². The van der Waals surface area contributed by atoms with Crippen LogP contribution >= 0.6 is 11.3 Å². The first-order chi connectivity index (χ1) is 12.9. The second kappa shape index (κ2) is 9.77. The fraction of sp³-hybridized carbons (Fsp3) is 0.389. The van der Waals surface area contributed by atoms with E-state index in [9.17, 15) is 14.4 Å². The lowest BCUT2D eigenvalue weighted by atomic mass is 10.3. The number of rotatable bonds is 8. The highest BCUT2D eigenvalue weighted by Crippen LogP contribution is 2.26. The van der Waals surface area contributed by atoms with Gasteiger partial charge >= 0.3 is 5.97 Å². The molecule has 2 amide bonds. The fourth-order valence-electron chi connectivity index (χ4n) is 2.11. The Morgan fingerprint density at radius 2 is 2.07 bits per heavy atom. The lowest BCUT2D eigenvalue weighted by Crippen LogP contribution is -2.40. The topological polar surface area (TPSA) is 101 Å².